The normalized spacial score (nSPS) is 16.7. The molecule has 26 heteroatoms. The lowest BCUT2D eigenvalue weighted by atomic mass is 10.0. The van der Waals surface area contributed by atoms with Gasteiger partial charge in [-0.05, 0) is 44.5 Å². The molecule has 6 rings (SSSR count). The Balaban J connectivity index is 1.15. The smallest absolute Gasteiger partial charge is 0.352 e. The van der Waals surface area contributed by atoms with Crippen LogP contribution in [0.4, 0.5) is 5.13 Å². The Morgan fingerprint density at radius 2 is 1.82 bits per heavy atom. The van der Waals surface area contributed by atoms with Crippen LogP contribution < -0.4 is 27.4 Å². The van der Waals surface area contributed by atoms with Crippen LogP contribution in [0.3, 0.4) is 0 Å². The van der Waals surface area contributed by atoms with Crippen molar-refractivity contribution in [2.45, 2.75) is 42.8 Å². The summed E-state index contributed by atoms with van der Waals surface area (Å²) in [5, 5.41) is 50.0. The molecule has 23 nitrogen and oxygen atoms in total. The molecule has 0 spiro atoms. The number of carbonyl (C=O) groups excluding carboxylic acids is 5. The molecule has 2 aliphatic rings. The maximum atomic E-state index is 13.7. The van der Waals surface area contributed by atoms with Crippen molar-refractivity contribution in [3.05, 3.63) is 63.7 Å². The predicted molar refractivity (Wildman–Crippen MR) is 199 cm³/mol. The quantitative estimate of drug-likeness (QED) is 0.0165. The number of carboxylic acid groups (broad SMARTS) is 1. The number of aromatic hydroxyl groups is 2. The molecule has 2 atom stereocenters. The number of phenols is 2. The van der Waals surface area contributed by atoms with Crippen molar-refractivity contribution in [2.24, 2.45) is 5.16 Å². The number of nitrogen functional groups attached to an aromatic ring is 1. The van der Waals surface area contributed by atoms with E-state index in [0.29, 0.717) is 16.4 Å². The molecule has 3 aromatic heterocycles. The molecule has 0 bridgehead atoms. The molecule has 5 amide bonds. The van der Waals surface area contributed by atoms with E-state index in [2.05, 4.69) is 41.4 Å². The Bertz CT molecular complexity index is 2410. The lowest BCUT2D eigenvalue weighted by molar-refractivity contribution is -0.150. The Kier molecular flexibility index (Phi) is 11.2. The summed E-state index contributed by atoms with van der Waals surface area (Å²) in [6, 6.07) is 3.38. The van der Waals surface area contributed by atoms with Gasteiger partial charge in [0.2, 0.25) is 5.60 Å². The molecule has 1 saturated heterocycles. The number of carboxylic acids is 1. The number of hydroxylamine groups is 1. The lowest BCUT2D eigenvalue weighted by Gasteiger charge is -2.49. The number of hydrogen-bond acceptors (Lipinski definition) is 19. The lowest BCUT2D eigenvalue weighted by Crippen LogP contribution is -2.71. The molecule has 1 fully saturated rings. The van der Waals surface area contributed by atoms with E-state index in [1.807, 2.05) is 0 Å². The summed E-state index contributed by atoms with van der Waals surface area (Å²) in [6.45, 7) is 4.15. The van der Waals surface area contributed by atoms with Crippen LogP contribution in [-0.2, 0) is 24.0 Å². The molecule has 10 N–H and O–H groups in total. The minimum atomic E-state index is -1.84. The first-order valence-corrected chi connectivity index (χ1v) is 19.0. The third-order valence-corrected chi connectivity index (χ3v) is 11.2. The van der Waals surface area contributed by atoms with Crippen molar-refractivity contribution < 1.29 is 54.1 Å². The summed E-state index contributed by atoms with van der Waals surface area (Å²) in [5.41, 5.74) is 8.98. The van der Waals surface area contributed by atoms with Gasteiger partial charge in [-0.15, -0.1) is 40.0 Å². The number of thiazole rings is 1. The molecule has 4 aromatic rings. The van der Waals surface area contributed by atoms with Crippen LogP contribution >= 0.6 is 34.9 Å². The Labute approximate surface area is 331 Å². The molecule has 5 heterocycles. The standard InChI is InChI=1S/C31H30N12O11S3/c1-11-33-30-35-14(23(47)40-53)7-18(43(30)39-11)55-8-13-9-56-26-20(25(49)42(26)21(13)27(50)51)36-24(48)19(15-10-57-29(32)34-15)41-54-31(2,3)28(52)38-37-22(46)12-4-5-16(44)17(45)6-12/h4-7,10,20,26,44-45,53H,8-9H2,1-3H3,(H2,32,34)(H,36,48)(H,37,46)(H,38,52)(H,40,47)(H,50,51)/b41-19+/t20-,26-/m1/s1. The van der Waals surface area contributed by atoms with Gasteiger partial charge >= 0.3 is 5.97 Å². The van der Waals surface area contributed by atoms with E-state index in [9.17, 15) is 44.1 Å². The number of hydrogen-bond donors (Lipinski definition) is 9. The van der Waals surface area contributed by atoms with Gasteiger partial charge in [0.05, 0.1) is 0 Å². The summed E-state index contributed by atoms with van der Waals surface area (Å²) < 4.78 is 1.35. The maximum Gasteiger partial charge on any atom is 0.352 e. The zero-order valence-electron chi connectivity index (χ0n) is 29.5. The molecule has 0 aliphatic carbocycles. The number of oxime groups is 1. The van der Waals surface area contributed by atoms with Crippen molar-refractivity contribution >= 4 is 87.0 Å². The monoisotopic (exact) mass is 842 g/mol. The van der Waals surface area contributed by atoms with Gasteiger partial charge in [0.1, 0.15) is 39.4 Å². The zero-order valence-corrected chi connectivity index (χ0v) is 32.0. The van der Waals surface area contributed by atoms with Gasteiger partial charge in [-0.1, -0.05) is 5.16 Å². The molecule has 1 aromatic carbocycles. The fourth-order valence-electron chi connectivity index (χ4n) is 5.19. The van der Waals surface area contributed by atoms with Crippen molar-refractivity contribution in [2.75, 3.05) is 17.2 Å². The number of β-lactam (4-membered cyclic amide) rings is 1. The average molecular weight is 843 g/mol. The van der Waals surface area contributed by atoms with Crippen LogP contribution in [0.1, 0.15) is 46.2 Å². The molecular formula is C31H30N12O11S3. The largest absolute Gasteiger partial charge is 0.504 e. The molecule has 0 radical (unpaired) electrons. The van der Waals surface area contributed by atoms with Crippen LogP contribution in [-0.4, -0.2) is 120 Å². The number of phenolic OH excluding ortho intramolecular Hbond substituents is 2. The van der Waals surface area contributed by atoms with Crippen LogP contribution in [0, 0.1) is 6.92 Å². The van der Waals surface area contributed by atoms with Gasteiger partial charge in [0.25, 0.3) is 35.3 Å². The van der Waals surface area contributed by atoms with E-state index in [1.165, 1.54) is 53.1 Å². The Morgan fingerprint density at radius 1 is 1.07 bits per heavy atom. The summed E-state index contributed by atoms with van der Waals surface area (Å²) >= 11 is 3.24. The summed E-state index contributed by atoms with van der Waals surface area (Å²) in [6.07, 6.45) is 0. The number of fused-ring (bicyclic) bond motifs is 2. The number of aliphatic carboxylic acids is 1. The van der Waals surface area contributed by atoms with E-state index in [0.717, 1.165) is 40.1 Å². The molecule has 57 heavy (non-hydrogen) atoms. The highest BCUT2D eigenvalue weighted by Crippen LogP contribution is 2.42. The fraction of sp³-hybridized carbons (Fsp3) is 0.258. The van der Waals surface area contributed by atoms with E-state index < -0.39 is 69.7 Å². The highest BCUT2D eigenvalue weighted by Gasteiger charge is 2.54. The van der Waals surface area contributed by atoms with Crippen LogP contribution in [0.25, 0.3) is 5.78 Å². The van der Waals surface area contributed by atoms with Gasteiger partial charge in [-0.25, -0.2) is 20.2 Å². The fourth-order valence-corrected chi connectivity index (χ4v) is 8.21. The maximum absolute atomic E-state index is 13.7. The molecule has 2 aliphatic heterocycles. The highest BCUT2D eigenvalue weighted by atomic mass is 32.2. The topological polar surface area (TPSA) is 338 Å². The number of aryl methyl sites for hydroxylation is 1. The zero-order chi connectivity index (χ0) is 41.3. The van der Waals surface area contributed by atoms with E-state index in [-0.39, 0.29) is 45.1 Å². The van der Waals surface area contributed by atoms with Crippen molar-refractivity contribution in [1.29, 1.82) is 0 Å². The first-order chi connectivity index (χ1) is 27.0. The highest BCUT2D eigenvalue weighted by molar-refractivity contribution is 8.01. The number of carbonyl (C=O) groups is 6. The number of anilines is 1. The van der Waals surface area contributed by atoms with Crippen molar-refractivity contribution in [3.63, 3.8) is 0 Å². The number of rotatable bonds is 12. The number of benzene rings is 1. The SMILES string of the molecule is Cc1nc2nc(C(=O)NO)cc(SCC3=C(C(=O)O)N4C(=O)[C@@H](NC(=O)/C(=N/OC(C)(C)C(=O)NNC(=O)c5ccc(O)c(O)c5)c5csc(N)n5)[C@H]4SC3)n2n1. The molecular weight excluding hydrogens is 813 g/mol. The number of nitrogens with one attached hydrogen (secondary N) is 4. The second kappa shape index (κ2) is 15.9. The number of aromatic nitrogens is 5. The van der Waals surface area contributed by atoms with Crippen LogP contribution in [0.5, 0.6) is 11.5 Å². The second-order valence-electron chi connectivity index (χ2n) is 12.4. The van der Waals surface area contributed by atoms with Gasteiger partial charge in [0.15, 0.2) is 22.3 Å². The first kappa shape index (κ1) is 40.2. The van der Waals surface area contributed by atoms with Gasteiger partial charge < -0.3 is 31.2 Å². The van der Waals surface area contributed by atoms with E-state index in [4.69, 9.17) is 15.8 Å². The summed E-state index contributed by atoms with van der Waals surface area (Å²) in [7, 11) is 0. The third kappa shape index (κ3) is 8.23. The average Bonchev–Trinajstić information content (AvgIpc) is 3.78. The number of nitrogens with zero attached hydrogens (tertiary/aromatic N) is 7. The number of amides is 5. The minimum Gasteiger partial charge on any atom is -0.504 e. The second-order valence-corrected chi connectivity index (χ2v) is 15.4. The molecule has 298 valence electrons. The third-order valence-electron chi connectivity index (χ3n) is 8.07. The Morgan fingerprint density at radius 3 is 2.49 bits per heavy atom. The number of nitrogens with two attached hydrogens (primary N) is 1. The van der Waals surface area contributed by atoms with Crippen LogP contribution in [0.15, 0.2) is 51.1 Å². The molecule has 0 saturated carbocycles. The van der Waals surface area contributed by atoms with Crippen molar-refractivity contribution in [1.82, 2.24) is 51.1 Å². The number of thioether (sulfide) groups is 2. The molecule has 0 unspecified atom stereocenters. The van der Waals surface area contributed by atoms with Gasteiger partial charge in [0, 0.05) is 28.5 Å². The van der Waals surface area contributed by atoms with E-state index >= 15 is 0 Å². The summed E-state index contributed by atoms with van der Waals surface area (Å²) in [5.74, 6) is -6.21. The minimum absolute atomic E-state index is 0.0349. The van der Waals surface area contributed by atoms with Gasteiger partial charge in [-0.2, -0.15) is 9.50 Å². The van der Waals surface area contributed by atoms with Gasteiger partial charge in [-0.3, -0.25) is 44.9 Å². The van der Waals surface area contributed by atoms with Crippen molar-refractivity contribution in [3.8, 4) is 11.5 Å². The Hall–Kier alpha value is -6.51. The predicted octanol–water partition coefficient (Wildman–Crippen LogP) is -0.507. The number of hydrazine groups is 1. The van der Waals surface area contributed by atoms with Crippen LogP contribution in [0.2, 0.25) is 0 Å². The van der Waals surface area contributed by atoms with E-state index in [1.54, 1.807) is 6.92 Å². The first-order valence-electron chi connectivity index (χ1n) is 16.1. The summed E-state index contributed by atoms with van der Waals surface area (Å²) in [4.78, 5) is 96.0.